The number of ether oxygens (including phenoxy) is 2. The van der Waals surface area contributed by atoms with Crippen LogP contribution in [0.5, 0.6) is 11.5 Å². The Hall–Kier alpha value is -3.75. The SMILES string of the molecule is COc1ccc(NC(=O)NCCNC(=O)c2ccc(NC(=O)C(C)(C)C)cc2)cc1OC. The van der Waals surface area contributed by atoms with Crippen LogP contribution >= 0.6 is 0 Å². The highest BCUT2D eigenvalue weighted by molar-refractivity contribution is 5.97. The number of hydrogen-bond acceptors (Lipinski definition) is 5. The lowest BCUT2D eigenvalue weighted by Crippen LogP contribution is -2.36. The minimum atomic E-state index is -0.505. The number of benzene rings is 2. The van der Waals surface area contributed by atoms with Crippen LogP contribution in [0.25, 0.3) is 0 Å². The van der Waals surface area contributed by atoms with Crippen molar-refractivity contribution < 1.29 is 23.9 Å². The van der Waals surface area contributed by atoms with Gasteiger partial charge in [-0.25, -0.2) is 4.79 Å². The molecule has 0 spiro atoms. The number of nitrogens with one attached hydrogen (secondary N) is 4. The van der Waals surface area contributed by atoms with Crippen molar-refractivity contribution in [2.24, 2.45) is 5.41 Å². The maximum Gasteiger partial charge on any atom is 0.319 e. The topological polar surface area (TPSA) is 118 Å². The van der Waals surface area contributed by atoms with Gasteiger partial charge in [0.05, 0.1) is 14.2 Å². The summed E-state index contributed by atoms with van der Waals surface area (Å²) < 4.78 is 10.4. The summed E-state index contributed by atoms with van der Waals surface area (Å²) in [4.78, 5) is 36.3. The number of urea groups is 1. The third-order valence-corrected chi connectivity index (χ3v) is 4.42. The van der Waals surface area contributed by atoms with E-state index in [2.05, 4.69) is 21.3 Å². The van der Waals surface area contributed by atoms with E-state index in [0.29, 0.717) is 28.4 Å². The number of rotatable bonds is 8. The Balaban J connectivity index is 1.76. The molecule has 0 aliphatic heterocycles. The molecule has 32 heavy (non-hydrogen) atoms. The molecule has 4 amide bonds. The molecular weight excluding hydrogens is 412 g/mol. The molecule has 0 radical (unpaired) electrons. The molecule has 172 valence electrons. The molecule has 0 saturated heterocycles. The van der Waals surface area contributed by atoms with Crippen molar-refractivity contribution in [1.29, 1.82) is 0 Å². The van der Waals surface area contributed by atoms with Gasteiger partial charge < -0.3 is 30.7 Å². The van der Waals surface area contributed by atoms with Gasteiger partial charge >= 0.3 is 6.03 Å². The van der Waals surface area contributed by atoms with E-state index >= 15 is 0 Å². The van der Waals surface area contributed by atoms with Crippen LogP contribution in [-0.2, 0) is 4.79 Å². The summed E-state index contributed by atoms with van der Waals surface area (Å²) in [6, 6.07) is 11.2. The molecule has 2 aromatic rings. The molecule has 9 nitrogen and oxygen atoms in total. The van der Waals surface area contributed by atoms with Gasteiger partial charge in [-0.2, -0.15) is 0 Å². The van der Waals surface area contributed by atoms with Gasteiger partial charge in [0.1, 0.15) is 0 Å². The van der Waals surface area contributed by atoms with Crippen LogP contribution in [0.4, 0.5) is 16.2 Å². The first-order chi connectivity index (χ1) is 15.1. The van der Waals surface area contributed by atoms with Gasteiger partial charge in [0.2, 0.25) is 5.91 Å². The van der Waals surface area contributed by atoms with Crippen molar-refractivity contribution in [3.8, 4) is 11.5 Å². The quantitative estimate of drug-likeness (QED) is 0.468. The standard InChI is InChI=1S/C23H30N4O5/c1-23(2,3)21(29)26-16-8-6-15(7-9-16)20(28)24-12-13-25-22(30)27-17-10-11-18(31-4)19(14-17)32-5/h6-11,14H,12-13H2,1-5H3,(H,24,28)(H,26,29)(H2,25,27,30). The van der Waals surface area contributed by atoms with Crippen LogP contribution in [-0.4, -0.2) is 45.2 Å². The molecule has 0 unspecified atom stereocenters. The Kier molecular flexibility index (Phi) is 8.46. The van der Waals surface area contributed by atoms with Gasteiger partial charge in [-0.1, -0.05) is 20.8 Å². The molecule has 9 heteroatoms. The van der Waals surface area contributed by atoms with Crippen LogP contribution in [0.2, 0.25) is 0 Å². The van der Waals surface area contributed by atoms with E-state index in [1.807, 2.05) is 20.8 Å². The Morgan fingerprint density at radius 2 is 1.38 bits per heavy atom. The molecule has 2 rings (SSSR count). The van der Waals surface area contributed by atoms with Gasteiger partial charge in [0.15, 0.2) is 11.5 Å². The zero-order valence-electron chi connectivity index (χ0n) is 19.0. The minimum absolute atomic E-state index is 0.105. The number of carbonyl (C=O) groups excluding carboxylic acids is 3. The Morgan fingerprint density at radius 1 is 0.781 bits per heavy atom. The predicted octanol–water partition coefficient (Wildman–Crippen LogP) is 3.24. The second-order valence-electron chi connectivity index (χ2n) is 7.99. The van der Waals surface area contributed by atoms with E-state index in [1.165, 1.54) is 14.2 Å². The third kappa shape index (κ3) is 7.19. The van der Waals surface area contributed by atoms with Crippen molar-refractivity contribution in [2.75, 3.05) is 37.9 Å². The van der Waals surface area contributed by atoms with Crippen molar-refractivity contribution in [3.63, 3.8) is 0 Å². The largest absolute Gasteiger partial charge is 0.493 e. The Bertz CT molecular complexity index is 952. The fourth-order valence-electron chi connectivity index (χ4n) is 2.57. The molecule has 0 heterocycles. The molecule has 0 saturated carbocycles. The van der Waals surface area contributed by atoms with Crippen molar-refractivity contribution >= 4 is 29.2 Å². The molecule has 0 fully saturated rings. The number of amides is 4. The number of methoxy groups -OCH3 is 2. The molecule has 2 aromatic carbocycles. The van der Waals surface area contributed by atoms with Gasteiger partial charge in [-0.3, -0.25) is 9.59 Å². The van der Waals surface area contributed by atoms with Gasteiger partial charge in [-0.05, 0) is 36.4 Å². The number of carbonyl (C=O) groups is 3. The zero-order chi connectivity index (χ0) is 23.7. The molecule has 0 bridgehead atoms. The molecular formula is C23H30N4O5. The first-order valence-corrected chi connectivity index (χ1v) is 10.1. The highest BCUT2D eigenvalue weighted by Crippen LogP contribution is 2.29. The lowest BCUT2D eigenvalue weighted by atomic mass is 9.95. The van der Waals surface area contributed by atoms with Crippen molar-refractivity contribution in [2.45, 2.75) is 20.8 Å². The fourth-order valence-corrected chi connectivity index (χ4v) is 2.57. The maximum atomic E-state index is 12.3. The zero-order valence-corrected chi connectivity index (χ0v) is 19.0. The average Bonchev–Trinajstić information content (AvgIpc) is 2.76. The van der Waals surface area contributed by atoms with Gasteiger partial charge in [0.25, 0.3) is 5.91 Å². The second kappa shape index (κ2) is 11.0. The summed E-state index contributed by atoms with van der Waals surface area (Å²) in [6.07, 6.45) is 0. The Labute approximate surface area is 187 Å². The van der Waals surface area contributed by atoms with E-state index in [0.717, 1.165) is 0 Å². The third-order valence-electron chi connectivity index (χ3n) is 4.42. The van der Waals surface area contributed by atoms with E-state index in [-0.39, 0.29) is 24.9 Å². The normalized spacial score (nSPS) is 10.7. The maximum absolute atomic E-state index is 12.3. The van der Waals surface area contributed by atoms with Gasteiger partial charge in [-0.15, -0.1) is 0 Å². The van der Waals surface area contributed by atoms with Crippen molar-refractivity contribution in [3.05, 3.63) is 48.0 Å². The Morgan fingerprint density at radius 3 is 1.97 bits per heavy atom. The predicted molar refractivity (Wildman–Crippen MR) is 123 cm³/mol. The second-order valence-corrected chi connectivity index (χ2v) is 7.99. The summed E-state index contributed by atoms with van der Waals surface area (Å²) in [6.45, 7) is 5.97. The van der Waals surface area contributed by atoms with Crippen molar-refractivity contribution in [1.82, 2.24) is 10.6 Å². The van der Waals surface area contributed by atoms with E-state index in [4.69, 9.17) is 9.47 Å². The average molecular weight is 443 g/mol. The first kappa shape index (κ1) is 24.5. The number of anilines is 2. The smallest absolute Gasteiger partial charge is 0.319 e. The summed E-state index contributed by atoms with van der Waals surface area (Å²) in [5, 5.41) is 10.9. The van der Waals surface area contributed by atoms with Crippen LogP contribution in [0.3, 0.4) is 0 Å². The lowest BCUT2D eigenvalue weighted by Gasteiger charge is -2.17. The molecule has 0 aliphatic carbocycles. The number of hydrogen-bond donors (Lipinski definition) is 4. The summed E-state index contributed by atoms with van der Waals surface area (Å²) in [7, 11) is 3.05. The minimum Gasteiger partial charge on any atom is -0.493 e. The van der Waals surface area contributed by atoms with Gasteiger partial charge in [0, 0.05) is 41.5 Å². The summed E-state index contributed by atoms with van der Waals surface area (Å²) in [5.41, 5.74) is 1.11. The molecule has 4 N–H and O–H groups in total. The van der Waals surface area contributed by atoms with Crippen LogP contribution in [0, 0.1) is 5.41 Å². The highest BCUT2D eigenvalue weighted by atomic mass is 16.5. The first-order valence-electron chi connectivity index (χ1n) is 10.1. The van der Waals surface area contributed by atoms with E-state index in [9.17, 15) is 14.4 Å². The fraction of sp³-hybridized carbons (Fsp3) is 0.348. The molecule has 0 atom stereocenters. The lowest BCUT2D eigenvalue weighted by molar-refractivity contribution is -0.123. The summed E-state index contributed by atoms with van der Waals surface area (Å²) >= 11 is 0. The van der Waals surface area contributed by atoms with Crippen LogP contribution in [0.15, 0.2) is 42.5 Å². The van der Waals surface area contributed by atoms with Crippen LogP contribution in [0.1, 0.15) is 31.1 Å². The monoisotopic (exact) mass is 442 g/mol. The molecule has 0 aliphatic rings. The molecule has 0 aromatic heterocycles. The van der Waals surface area contributed by atoms with E-state index in [1.54, 1.807) is 42.5 Å². The highest BCUT2D eigenvalue weighted by Gasteiger charge is 2.21. The summed E-state index contributed by atoms with van der Waals surface area (Å²) in [5.74, 6) is 0.681. The van der Waals surface area contributed by atoms with Crippen LogP contribution < -0.4 is 30.7 Å². The van der Waals surface area contributed by atoms with E-state index < -0.39 is 11.4 Å².